The van der Waals surface area contributed by atoms with E-state index in [1.165, 1.54) is 16.7 Å². The Balaban J connectivity index is 1.81. The summed E-state index contributed by atoms with van der Waals surface area (Å²) in [6.45, 7) is 2.23. The van der Waals surface area contributed by atoms with Crippen molar-refractivity contribution in [2.75, 3.05) is 0 Å². The van der Waals surface area contributed by atoms with Crippen LogP contribution in [0.1, 0.15) is 35.7 Å². The SMILES string of the molecule is C[C@H](NC(Cc1ccccc1)c1ccccc1)c1ccccc1. The van der Waals surface area contributed by atoms with E-state index in [1.807, 2.05) is 0 Å². The Labute approximate surface area is 139 Å². The van der Waals surface area contributed by atoms with E-state index in [-0.39, 0.29) is 0 Å². The normalized spacial score (nSPS) is 13.4. The first kappa shape index (κ1) is 15.5. The minimum atomic E-state index is 0.300. The van der Waals surface area contributed by atoms with E-state index in [1.54, 1.807) is 0 Å². The molecule has 1 unspecified atom stereocenters. The van der Waals surface area contributed by atoms with E-state index in [9.17, 15) is 0 Å². The van der Waals surface area contributed by atoms with Gasteiger partial charge in [-0.3, -0.25) is 0 Å². The molecule has 2 atom stereocenters. The highest BCUT2D eigenvalue weighted by Crippen LogP contribution is 2.23. The summed E-state index contributed by atoms with van der Waals surface area (Å²) < 4.78 is 0. The molecule has 0 aliphatic heterocycles. The lowest BCUT2D eigenvalue weighted by Crippen LogP contribution is -2.26. The van der Waals surface area contributed by atoms with E-state index in [4.69, 9.17) is 0 Å². The van der Waals surface area contributed by atoms with Crippen LogP contribution in [-0.4, -0.2) is 0 Å². The molecule has 0 aliphatic rings. The van der Waals surface area contributed by atoms with Gasteiger partial charge in [0.25, 0.3) is 0 Å². The third-order valence-corrected chi connectivity index (χ3v) is 4.24. The molecule has 0 heterocycles. The molecular weight excluding hydrogens is 278 g/mol. The van der Waals surface area contributed by atoms with Crippen LogP contribution in [0.5, 0.6) is 0 Å². The fourth-order valence-corrected chi connectivity index (χ4v) is 2.95. The highest BCUT2D eigenvalue weighted by atomic mass is 14.9. The van der Waals surface area contributed by atoms with Gasteiger partial charge in [-0.1, -0.05) is 91.0 Å². The average molecular weight is 301 g/mol. The molecule has 0 radical (unpaired) electrons. The smallest absolute Gasteiger partial charge is 0.0366 e. The Hall–Kier alpha value is -2.38. The van der Waals surface area contributed by atoms with Crippen molar-refractivity contribution in [3.63, 3.8) is 0 Å². The van der Waals surface area contributed by atoms with Crippen molar-refractivity contribution in [2.24, 2.45) is 0 Å². The van der Waals surface area contributed by atoms with E-state index in [0.29, 0.717) is 12.1 Å². The summed E-state index contributed by atoms with van der Waals surface area (Å²) in [5, 5.41) is 3.80. The maximum absolute atomic E-state index is 3.80. The van der Waals surface area contributed by atoms with Crippen molar-refractivity contribution in [3.8, 4) is 0 Å². The van der Waals surface area contributed by atoms with Gasteiger partial charge < -0.3 is 5.32 Å². The van der Waals surface area contributed by atoms with Gasteiger partial charge in [-0.2, -0.15) is 0 Å². The Morgan fingerprint density at radius 3 is 1.70 bits per heavy atom. The third-order valence-electron chi connectivity index (χ3n) is 4.24. The highest BCUT2D eigenvalue weighted by molar-refractivity contribution is 5.25. The molecule has 0 bridgehead atoms. The van der Waals surface area contributed by atoms with Crippen LogP contribution in [-0.2, 0) is 6.42 Å². The van der Waals surface area contributed by atoms with Crippen molar-refractivity contribution < 1.29 is 0 Å². The van der Waals surface area contributed by atoms with Crippen molar-refractivity contribution in [3.05, 3.63) is 108 Å². The standard InChI is InChI=1S/C22H23N/c1-18(20-13-7-3-8-14-20)23-22(21-15-9-4-10-16-21)17-19-11-5-2-6-12-19/h2-16,18,22-23H,17H2,1H3/t18-,22?/m0/s1. The largest absolute Gasteiger partial charge is 0.303 e. The van der Waals surface area contributed by atoms with E-state index < -0.39 is 0 Å². The number of rotatable bonds is 6. The Kier molecular flexibility index (Phi) is 5.23. The summed E-state index contributed by atoms with van der Waals surface area (Å²) in [6.07, 6.45) is 0.988. The predicted molar refractivity (Wildman–Crippen MR) is 97.3 cm³/mol. The van der Waals surface area contributed by atoms with Crippen LogP contribution < -0.4 is 5.32 Å². The zero-order valence-electron chi connectivity index (χ0n) is 13.5. The zero-order valence-corrected chi connectivity index (χ0v) is 13.5. The summed E-state index contributed by atoms with van der Waals surface area (Å²) in [5.41, 5.74) is 4.01. The number of hydrogen-bond donors (Lipinski definition) is 1. The van der Waals surface area contributed by atoms with E-state index in [2.05, 4.69) is 103 Å². The number of hydrogen-bond acceptors (Lipinski definition) is 1. The molecule has 0 fully saturated rings. The molecule has 3 rings (SSSR count). The molecule has 0 amide bonds. The van der Waals surface area contributed by atoms with Gasteiger partial charge in [0.05, 0.1) is 0 Å². The highest BCUT2D eigenvalue weighted by Gasteiger charge is 2.15. The van der Waals surface area contributed by atoms with Gasteiger partial charge in [0, 0.05) is 12.1 Å². The summed E-state index contributed by atoms with van der Waals surface area (Å²) in [5.74, 6) is 0. The molecule has 0 aromatic heterocycles. The van der Waals surface area contributed by atoms with Gasteiger partial charge in [-0.05, 0) is 30.0 Å². The van der Waals surface area contributed by atoms with E-state index >= 15 is 0 Å². The van der Waals surface area contributed by atoms with Crippen LogP contribution in [0.15, 0.2) is 91.0 Å². The van der Waals surface area contributed by atoms with Gasteiger partial charge in [-0.15, -0.1) is 0 Å². The van der Waals surface area contributed by atoms with Gasteiger partial charge >= 0.3 is 0 Å². The van der Waals surface area contributed by atoms with Crippen molar-refractivity contribution >= 4 is 0 Å². The summed E-state index contributed by atoms with van der Waals surface area (Å²) >= 11 is 0. The molecule has 0 saturated heterocycles. The summed E-state index contributed by atoms with van der Waals surface area (Å²) in [6, 6.07) is 32.6. The molecule has 3 aromatic carbocycles. The average Bonchev–Trinajstić information content (AvgIpc) is 2.63. The number of nitrogens with one attached hydrogen (secondary N) is 1. The third kappa shape index (κ3) is 4.30. The maximum Gasteiger partial charge on any atom is 0.0366 e. The molecule has 1 nitrogen and oxygen atoms in total. The Morgan fingerprint density at radius 1 is 0.652 bits per heavy atom. The molecule has 0 spiro atoms. The maximum atomic E-state index is 3.80. The lowest BCUT2D eigenvalue weighted by atomic mass is 9.97. The predicted octanol–water partition coefficient (Wildman–Crippen LogP) is 5.32. The second-order valence-electron chi connectivity index (χ2n) is 5.95. The van der Waals surface area contributed by atoms with Crippen LogP contribution in [0.4, 0.5) is 0 Å². The molecule has 23 heavy (non-hydrogen) atoms. The van der Waals surface area contributed by atoms with Crippen molar-refractivity contribution in [1.29, 1.82) is 0 Å². The fraction of sp³-hybridized carbons (Fsp3) is 0.182. The molecular formula is C22H23N. The van der Waals surface area contributed by atoms with Crippen LogP contribution >= 0.6 is 0 Å². The van der Waals surface area contributed by atoms with Gasteiger partial charge in [0.15, 0.2) is 0 Å². The second-order valence-corrected chi connectivity index (χ2v) is 5.95. The van der Waals surface area contributed by atoms with Gasteiger partial charge in [-0.25, -0.2) is 0 Å². The molecule has 116 valence electrons. The van der Waals surface area contributed by atoms with E-state index in [0.717, 1.165) is 6.42 Å². The first-order valence-electron chi connectivity index (χ1n) is 8.23. The summed E-state index contributed by atoms with van der Waals surface area (Å²) in [4.78, 5) is 0. The number of benzene rings is 3. The van der Waals surface area contributed by atoms with Crippen LogP contribution in [0.25, 0.3) is 0 Å². The Bertz CT molecular complexity index is 692. The monoisotopic (exact) mass is 301 g/mol. The van der Waals surface area contributed by atoms with Crippen molar-refractivity contribution in [1.82, 2.24) is 5.32 Å². The molecule has 0 aliphatic carbocycles. The molecule has 0 saturated carbocycles. The topological polar surface area (TPSA) is 12.0 Å². The van der Waals surface area contributed by atoms with Crippen molar-refractivity contribution in [2.45, 2.75) is 25.4 Å². The quantitative estimate of drug-likeness (QED) is 0.649. The van der Waals surface area contributed by atoms with Crippen LogP contribution in [0.2, 0.25) is 0 Å². The first-order chi connectivity index (χ1) is 11.3. The lowest BCUT2D eigenvalue weighted by Gasteiger charge is -2.24. The zero-order chi connectivity index (χ0) is 15.9. The lowest BCUT2D eigenvalue weighted by molar-refractivity contribution is 0.464. The molecule has 1 heteroatoms. The van der Waals surface area contributed by atoms with Crippen LogP contribution in [0, 0.1) is 0 Å². The minimum absolute atomic E-state index is 0.300. The molecule has 3 aromatic rings. The van der Waals surface area contributed by atoms with Crippen LogP contribution in [0.3, 0.4) is 0 Å². The summed E-state index contributed by atoms with van der Waals surface area (Å²) in [7, 11) is 0. The van der Waals surface area contributed by atoms with Gasteiger partial charge in [0.1, 0.15) is 0 Å². The fourth-order valence-electron chi connectivity index (χ4n) is 2.95. The Morgan fingerprint density at radius 2 is 1.13 bits per heavy atom. The first-order valence-corrected chi connectivity index (χ1v) is 8.23. The molecule has 1 N–H and O–H groups in total. The second kappa shape index (κ2) is 7.75. The minimum Gasteiger partial charge on any atom is -0.303 e. The van der Waals surface area contributed by atoms with Gasteiger partial charge in [0.2, 0.25) is 0 Å².